The van der Waals surface area contributed by atoms with Gasteiger partial charge in [-0.05, 0) is 61.9 Å². The molecule has 2 aliphatic rings. The summed E-state index contributed by atoms with van der Waals surface area (Å²) >= 11 is 1.55. The second kappa shape index (κ2) is 7.23. The first-order valence-electron chi connectivity index (χ1n) is 8.94. The number of hydrogen-bond acceptors (Lipinski definition) is 4. The van der Waals surface area contributed by atoms with Gasteiger partial charge in [-0.15, -0.1) is 0 Å². The van der Waals surface area contributed by atoms with Crippen LogP contribution >= 0.6 is 11.3 Å². The monoisotopic (exact) mass is 375 g/mol. The predicted molar refractivity (Wildman–Crippen MR) is 101 cm³/mol. The lowest BCUT2D eigenvalue weighted by molar-refractivity contribution is -0.134. The molecule has 6 nitrogen and oxygen atoms in total. The molecule has 1 aromatic heterocycles. The third-order valence-electron chi connectivity index (χ3n) is 5.59. The van der Waals surface area contributed by atoms with E-state index in [1.165, 1.54) is 4.90 Å². The van der Waals surface area contributed by atoms with Crippen molar-refractivity contribution in [3.05, 3.63) is 34.0 Å². The van der Waals surface area contributed by atoms with E-state index < -0.39 is 5.54 Å². The zero-order valence-electron chi connectivity index (χ0n) is 15.4. The molecule has 0 aromatic carbocycles. The minimum atomic E-state index is -0.891. The van der Waals surface area contributed by atoms with Gasteiger partial charge in [0.05, 0.1) is 6.54 Å². The first kappa shape index (κ1) is 18.6. The number of likely N-dealkylation sites (tertiary alicyclic amines) is 1. The Balaban J connectivity index is 1.67. The fourth-order valence-corrected chi connectivity index (χ4v) is 4.39. The number of carbonyl (C=O) groups is 3. The number of rotatable bonds is 4. The Bertz CT molecular complexity index is 735. The minimum Gasteiger partial charge on any atom is -0.339 e. The summed E-state index contributed by atoms with van der Waals surface area (Å²) in [5.41, 5.74) is 0.810. The first-order chi connectivity index (χ1) is 12.4. The number of carbonyl (C=O) groups excluding carboxylic acids is 3. The zero-order valence-corrected chi connectivity index (χ0v) is 16.3. The summed E-state index contributed by atoms with van der Waals surface area (Å²) < 4.78 is 0. The second-order valence-electron chi connectivity index (χ2n) is 7.19. The van der Waals surface area contributed by atoms with E-state index in [4.69, 9.17) is 0 Å². The van der Waals surface area contributed by atoms with Crippen LogP contribution in [0.3, 0.4) is 0 Å². The molecule has 0 saturated carbocycles. The van der Waals surface area contributed by atoms with Gasteiger partial charge in [0.2, 0.25) is 5.91 Å². The number of piperidine rings is 1. The third-order valence-corrected chi connectivity index (χ3v) is 6.32. The Morgan fingerprint density at radius 3 is 2.65 bits per heavy atom. The highest BCUT2D eigenvalue weighted by atomic mass is 32.1. The molecule has 4 amide bonds. The van der Waals surface area contributed by atoms with Crippen LogP contribution < -0.4 is 5.32 Å². The lowest BCUT2D eigenvalue weighted by Gasteiger charge is -2.39. The number of nitrogens with zero attached hydrogens (tertiary/aromatic N) is 2. The average molecular weight is 375 g/mol. The van der Waals surface area contributed by atoms with Crippen LogP contribution in [0.4, 0.5) is 4.79 Å². The molecule has 1 N–H and O–H groups in total. The van der Waals surface area contributed by atoms with E-state index >= 15 is 0 Å². The van der Waals surface area contributed by atoms with Crippen molar-refractivity contribution in [1.29, 1.82) is 0 Å². The number of hydrogen-bond donors (Lipinski definition) is 1. The lowest BCUT2D eigenvalue weighted by atomic mass is 9.78. The number of nitrogens with one attached hydrogen (secondary N) is 1. The SMILES string of the molecule is C/C=C(\C)C(=O)N1CCC(C2(C)NC(=O)N(Cc3ccsc3)C2=O)CC1. The summed E-state index contributed by atoms with van der Waals surface area (Å²) in [5, 5.41) is 6.80. The van der Waals surface area contributed by atoms with Gasteiger partial charge in [-0.25, -0.2) is 4.79 Å². The average Bonchev–Trinajstić information content (AvgIpc) is 3.24. The molecule has 0 spiro atoms. The number of urea groups is 1. The van der Waals surface area contributed by atoms with Gasteiger partial charge < -0.3 is 10.2 Å². The van der Waals surface area contributed by atoms with E-state index in [0.717, 1.165) is 11.1 Å². The van der Waals surface area contributed by atoms with Gasteiger partial charge in [0.25, 0.3) is 5.91 Å². The van der Waals surface area contributed by atoms with Crippen molar-refractivity contribution in [3.63, 3.8) is 0 Å². The quantitative estimate of drug-likeness (QED) is 0.650. The molecule has 7 heteroatoms. The van der Waals surface area contributed by atoms with E-state index in [0.29, 0.717) is 32.5 Å². The van der Waals surface area contributed by atoms with Crippen molar-refractivity contribution in [1.82, 2.24) is 15.1 Å². The van der Waals surface area contributed by atoms with Crippen LogP contribution in [0.1, 0.15) is 39.2 Å². The Morgan fingerprint density at radius 1 is 1.38 bits per heavy atom. The van der Waals surface area contributed by atoms with Crippen LogP contribution in [0.15, 0.2) is 28.5 Å². The summed E-state index contributed by atoms with van der Waals surface area (Å²) in [4.78, 5) is 40.8. The van der Waals surface area contributed by atoms with Crippen molar-refractivity contribution < 1.29 is 14.4 Å². The van der Waals surface area contributed by atoms with Crippen LogP contribution in [-0.2, 0) is 16.1 Å². The number of amides is 4. The highest BCUT2D eigenvalue weighted by Gasteiger charge is 2.52. The van der Waals surface area contributed by atoms with Gasteiger partial charge in [-0.2, -0.15) is 11.3 Å². The van der Waals surface area contributed by atoms with Gasteiger partial charge in [0, 0.05) is 18.7 Å². The molecular formula is C19H25N3O3S. The van der Waals surface area contributed by atoms with Crippen molar-refractivity contribution in [2.24, 2.45) is 5.92 Å². The fourth-order valence-electron chi connectivity index (χ4n) is 3.73. The topological polar surface area (TPSA) is 69.7 Å². The summed E-state index contributed by atoms with van der Waals surface area (Å²) in [5.74, 6) is -0.0820. The molecule has 2 saturated heterocycles. The maximum atomic E-state index is 13.0. The normalized spacial score (nSPS) is 25.0. The highest BCUT2D eigenvalue weighted by Crippen LogP contribution is 2.34. The number of thiophene rings is 1. The summed E-state index contributed by atoms with van der Waals surface area (Å²) in [6, 6.07) is 1.60. The van der Waals surface area contributed by atoms with Crippen LogP contribution in [0.5, 0.6) is 0 Å². The Hall–Kier alpha value is -2.15. The van der Waals surface area contributed by atoms with Crippen molar-refractivity contribution in [3.8, 4) is 0 Å². The maximum absolute atomic E-state index is 13.0. The maximum Gasteiger partial charge on any atom is 0.325 e. The molecule has 1 aromatic rings. The molecule has 0 bridgehead atoms. The predicted octanol–water partition coefficient (Wildman–Crippen LogP) is 2.76. The van der Waals surface area contributed by atoms with Crippen LogP contribution in [0, 0.1) is 5.92 Å². The second-order valence-corrected chi connectivity index (χ2v) is 7.97. The van der Waals surface area contributed by atoms with E-state index in [1.807, 2.05) is 48.6 Å². The molecule has 3 heterocycles. The Kier molecular flexibility index (Phi) is 5.18. The molecule has 140 valence electrons. The summed E-state index contributed by atoms with van der Waals surface area (Å²) in [7, 11) is 0. The van der Waals surface area contributed by atoms with Gasteiger partial charge in [0.1, 0.15) is 5.54 Å². The van der Waals surface area contributed by atoms with E-state index in [1.54, 1.807) is 11.3 Å². The number of allylic oxidation sites excluding steroid dienone is 1. The van der Waals surface area contributed by atoms with Crippen LogP contribution in [-0.4, -0.2) is 46.3 Å². The van der Waals surface area contributed by atoms with Crippen molar-refractivity contribution in [2.45, 2.75) is 45.7 Å². The van der Waals surface area contributed by atoms with Gasteiger partial charge in [-0.3, -0.25) is 14.5 Å². The summed E-state index contributed by atoms with van der Waals surface area (Å²) in [6.45, 7) is 7.02. The molecule has 26 heavy (non-hydrogen) atoms. The third kappa shape index (κ3) is 3.28. The molecule has 3 rings (SSSR count). The number of imide groups is 1. The van der Waals surface area contributed by atoms with E-state index in [2.05, 4.69) is 5.32 Å². The lowest BCUT2D eigenvalue weighted by Crippen LogP contribution is -2.54. The summed E-state index contributed by atoms with van der Waals surface area (Å²) in [6.07, 6.45) is 3.23. The van der Waals surface area contributed by atoms with Crippen molar-refractivity contribution >= 4 is 29.2 Å². The molecular weight excluding hydrogens is 350 g/mol. The Labute approximate surface area is 157 Å². The zero-order chi connectivity index (χ0) is 18.9. The van der Waals surface area contributed by atoms with Crippen molar-refractivity contribution in [2.75, 3.05) is 13.1 Å². The molecule has 0 radical (unpaired) electrons. The Morgan fingerprint density at radius 2 is 2.08 bits per heavy atom. The molecule has 2 aliphatic heterocycles. The smallest absolute Gasteiger partial charge is 0.325 e. The molecule has 1 atom stereocenters. The first-order valence-corrected chi connectivity index (χ1v) is 9.88. The van der Waals surface area contributed by atoms with Gasteiger partial charge >= 0.3 is 6.03 Å². The van der Waals surface area contributed by atoms with Gasteiger partial charge in [-0.1, -0.05) is 6.08 Å². The van der Waals surface area contributed by atoms with E-state index in [-0.39, 0.29) is 23.8 Å². The molecule has 1 unspecified atom stereocenters. The standard InChI is InChI=1S/C19H25N3O3S/c1-4-13(2)16(23)21-8-5-15(6-9-21)19(3)17(24)22(18(25)20-19)11-14-7-10-26-12-14/h4,7,10,12,15H,5-6,8-9,11H2,1-3H3,(H,20,25)/b13-4+. The largest absolute Gasteiger partial charge is 0.339 e. The van der Waals surface area contributed by atoms with Crippen LogP contribution in [0.25, 0.3) is 0 Å². The van der Waals surface area contributed by atoms with E-state index in [9.17, 15) is 14.4 Å². The molecule has 2 fully saturated rings. The van der Waals surface area contributed by atoms with Gasteiger partial charge in [0.15, 0.2) is 0 Å². The van der Waals surface area contributed by atoms with Crippen LogP contribution in [0.2, 0.25) is 0 Å². The highest BCUT2D eigenvalue weighted by molar-refractivity contribution is 7.07. The molecule has 0 aliphatic carbocycles. The minimum absolute atomic E-state index is 0.0291. The fraction of sp³-hybridized carbons (Fsp3) is 0.526.